The molecule has 0 unspecified atom stereocenters. The molecule has 0 fully saturated rings. The first kappa shape index (κ1) is 22.9. The van der Waals surface area contributed by atoms with Crippen LogP contribution < -0.4 is 16.0 Å². The van der Waals surface area contributed by atoms with Crippen molar-refractivity contribution >= 4 is 45.7 Å². The molecule has 4 rings (SSSR count). The first-order valence-electron chi connectivity index (χ1n) is 10.8. The predicted octanol–water partition coefficient (Wildman–Crippen LogP) is 6.41. The van der Waals surface area contributed by atoms with Gasteiger partial charge in [-0.15, -0.1) is 22.7 Å². The molecule has 0 saturated heterocycles. The Morgan fingerprint density at radius 2 is 1.27 bits per heavy atom. The molecule has 0 aliphatic heterocycles. The summed E-state index contributed by atoms with van der Waals surface area (Å²) in [6.45, 7) is 1.72. The van der Waals surface area contributed by atoms with Crippen LogP contribution in [0.2, 0.25) is 0 Å². The lowest BCUT2D eigenvalue weighted by Crippen LogP contribution is -2.16. The Hall–Kier alpha value is -3.26. The molecule has 0 saturated carbocycles. The van der Waals surface area contributed by atoms with Gasteiger partial charge in [-0.05, 0) is 77.7 Å². The number of aryl methyl sites for hydroxylation is 1. The molecule has 2 aromatic carbocycles. The normalized spacial score (nSPS) is 10.7. The van der Waals surface area contributed by atoms with Crippen LogP contribution in [-0.2, 0) is 13.0 Å². The van der Waals surface area contributed by atoms with Gasteiger partial charge in [0.2, 0.25) is 0 Å². The van der Waals surface area contributed by atoms with Gasteiger partial charge in [-0.1, -0.05) is 36.4 Å². The highest BCUT2D eigenvalue weighted by molar-refractivity contribution is 7.12. The van der Waals surface area contributed by atoms with Crippen molar-refractivity contribution < 1.29 is 0 Å². The Balaban J connectivity index is 1.20. The zero-order chi connectivity index (χ0) is 22.9. The van der Waals surface area contributed by atoms with Crippen molar-refractivity contribution in [2.75, 3.05) is 17.2 Å². The largest absolute Gasteiger partial charge is 0.340 e. The molecule has 2 aromatic heterocycles. The molecule has 2 heterocycles. The van der Waals surface area contributed by atoms with E-state index in [2.05, 4.69) is 40.2 Å². The number of anilines is 2. The van der Waals surface area contributed by atoms with Crippen molar-refractivity contribution in [3.05, 3.63) is 104 Å². The Bertz CT molecular complexity index is 1090. The Labute approximate surface area is 202 Å². The maximum Gasteiger partial charge on any atom is 0.140 e. The summed E-state index contributed by atoms with van der Waals surface area (Å²) < 4.78 is 0. The minimum absolute atomic E-state index is 0.428. The molecule has 0 amide bonds. The van der Waals surface area contributed by atoms with E-state index in [1.165, 1.54) is 11.1 Å². The third-order valence-corrected chi connectivity index (χ3v) is 6.85. The van der Waals surface area contributed by atoms with E-state index in [0.29, 0.717) is 11.7 Å². The molecule has 5 N–H and O–H groups in total. The fraction of sp³-hybridized carbons (Fsp3) is 0.154. The van der Waals surface area contributed by atoms with E-state index in [1.54, 1.807) is 22.7 Å². The van der Waals surface area contributed by atoms with E-state index in [0.717, 1.165) is 47.1 Å². The molecule has 0 atom stereocenters. The van der Waals surface area contributed by atoms with Crippen LogP contribution in [0.3, 0.4) is 0 Å². The third-order valence-electron chi connectivity index (χ3n) is 5.08. The van der Waals surface area contributed by atoms with Crippen LogP contribution in [0.4, 0.5) is 11.4 Å². The molecule has 0 aliphatic carbocycles. The zero-order valence-electron chi connectivity index (χ0n) is 18.2. The lowest BCUT2D eigenvalue weighted by atomic mass is 10.1. The van der Waals surface area contributed by atoms with Gasteiger partial charge >= 0.3 is 0 Å². The summed E-state index contributed by atoms with van der Waals surface area (Å²) in [6, 6.07) is 24.3. The summed E-state index contributed by atoms with van der Waals surface area (Å²) in [5.41, 5.74) is 4.35. The molecule has 0 bridgehead atoms. The molecule has 0 spiro atoms. The Kier molecular flexibility index (Phi) is 8.03. The Morgan fingerprint density at radius 1 is 0.697 bits per heavy atom. The molecule has 168 valence electrons. The van der Waals surface area contributed by atoms with Crippen LogP contribution in [0.5, 0.6) is 0 Å². The van der Waals surface area contributed by atoms with E-state index in [9.17, 15) is 0 Å². The summed E-state index contributed by atoms with van der Waals surface area (Å²) in [5, 5.41) is 30.2. The standard InChI is InChI=1S/C26H27N5S2/c27-25(23-11-4-14-32-23)30-21-9-1-6-19(16-21)8-3-13-29-18-20-7-2-10-22(17-20)31-26(28)24-12-5-15-33-24/h1-2,4-7,9-12,14-17,29H,3,8,13,18H2,(H2,27,30)(H2,28,31). The van der Waals surface area contributed by atoms with Crippen molar-refractivity contribution in [2.24, 2.45) is 0 Å². The van der Waals surface area contributed by atoms with Gasteiger partial charge in [0.25, 0.3) is 0 Å². The molecule has 0 aliphatic rings. The molecular weight excluding hydrogens is 446 g/mol. The second kappa shape index (κ2) is 11.6. The van der Waals surface area contributed by atoms with Crippen LogP contribution in [0, 0.1) is 10.8 Å². The summed E-state index contributed by atoms with van der Waals surface area (Å²) in [6.07, 6.45) is 2.02. The van der Waals surface area contributed by atoms with Crippen molar-refractivity contribution in [2.45, 2.75) is 19.4 Å². The topological polar surface area (TPSA) is 83.8 Å². The van der Waals surface area contributed by atoms with E-state index >= 15 is 0 Å². The maximum atomic E-state index is 8.19. The molecule has 5 nitrogen and oxygen atoms in total. The van der Waals surface area contributed by atoms with Gasteiger partial charge in [-0.25, -0.2) is 0 Å². The predicted molar refractivity (Wildman–Crippen MR) is 142 cm³/mol. The van der Waals surface area contributed by atoms with Crippen LogP contribution in [0.25, 0.3) is 0 Å². The first-order valence-corrected chi connectivity index (χ1v) is 12.6. The van der Waals surface area contributed by atoms with Gasteiger partial charge in [0.05, 0.1) is 9.75 Å². The zero-order valence-corrected chi connectivity index (χ0v) is 19.9. The second-order valence-corrected chi connectivity index (χ2v) is 9.53. The fourth-order valence-electron chi connectivity index (χ4n) is 3.47. The monoisotopic (exact) mass is 473 g/mol. The third kappa shape index (κ3) is 6.86. The van der Waals surface area contributed by atoms with Gasteiger partial charge in [0.15, 0.2) is 0 Å². The van der Waals surface area contributed by atoms with Gasteiger partial charge < -0.3 is 16.0 Å². The lowest BCUT2D eigenvalue weighted by Gasteiger charge is -2.10. The van der Waals surface area contributed by atoms with Crippen molar-refractivity contribution in [1.82, 2.24) is 5.32 Å². The molecule has 0 radical (unpaired) electrons. The first-order chi connectivity index (χ1) is 16.2. The summed E-state index contributed by atoms with van der Waals surface area (Å²) in [5.74, 6) is 0.864. The van der Waals surface area contributed by atoms with Gasteiger partial charge in [-0.3, -0.25) is 10.8 Å². The Morgan fingerprint density at radius 3 is 1.85 bits per heavy atom. The van der Waals surface area contributed by atoms with E-state index in [4.69, 9.17) is 10.8 Å². The molecule has 7 heteroatoms. The van der Waals surface area contributed by atoms with Crippen molar-refractivity contribution in [1.29, 1.82) is 10.8 Å². The fourth-order valence-corrected chi connectivity index (χ4v) is 4.73. The highest BCUT2D eigenvalue weighted by atomic mass is 32.1. The number of nitrogens with one attached hydrogen (secondary N) is 5. The van der Waals surface area contributed by atoms with E-state index in [-0.39, 0.29) is 0 Å². The molecule has 33 heavy (non-hydrogen) atoms. The number of hydrogen-bond acceptors (Lipinski definition) is 5. The average molecular weight is 474 g/mol. The number of thiophene rings is 2. The number of amidine groups is 2. The summed E-state index contributed by atoms with van der Waals surface area (Å²) in [7, 11) is 0. The van der Waals surface area contributed by atoms with Gasteiger partial charge in [0.1, 0.15) is 11.7 Å². The number of benzene rings is 2. The van der Waals surface area contributed by atoms with Crippen LogP contribution in [-0.4, -0.2) is 18.2 Å². The van der Waals surface area contributed by atoms with Crippen LogP contribution >= 0.6 is 22.7 Å². The van der Waals surface area contributed by atoms with Crippen LogP contribution in [0.15, 0.2) is 83.6 Å². The quantitative estimate of drug-likeness (QED) is 0.105. The van der Waals surface area contributed by atoms with Gasteiger partial charge in [-0.2, -0.15) is 0 Å². The minimum Gasteiger partial charge on any atom is -0.340 e. The second-order valence-electron chi connectivity index (χ2n) is 7.64. The molecule has 4 aromatic rings. The van der Waals surface area contributed by atoms with E-state index in [1.807, 2.05) is 59.3 Å². The van der Waals surface area contributed by atoms with Crippen LogP contribution in [0.1, 0.15) is 27.3 Å². The summed E-state index contributed by atoms with van der Waals surface area (Å²) >= 11 is 3.13. The lowest BCUT2D eigenvalue weighted by molar-refractivity contribution is 0.649. The van der Waals surface area contributed by atoms with Crippen molar-refractivity contribution in [3.8, 4) is 0 Å². The smallest absolute Gasteiger partial charge is 0.140 e. The average Bonchev–Trinajstić information content (AvgIpc) is 3.54. The molecular formula is C26H27N5S2. The summed E-state index contributed by atoms with van der Waals surface area (Å²) in [4.78, 5) is 1.87. The maximum absolute atomic E-state index is 8.19. The SMILES string of the molecule is N=C(Nc1cccc(CCCNCc2cccc(NC(=N)c3cccs3)c2)c1)c1cccs1. The van der Waals surface area contributed by atoms with Crippen molar-refractivity contribution in [3.63, 3.8) is 0 Å². The van der Waals surface area contributed by atoms with Gasteiger partial charge in [0, 0.05) is 17.9 Å². The highest BCUT2D eigenvalue weighted by Crippen LogP contribution is 2.17. The highest BCUT2D eigenvalue weighted by Gasteiger charge is 2.05. The number of rotatable bonds is 10. The van der Waals surface area contributed by atoms with E-state index < -0.39 is 0 Å². The number of hydrogen-bond donors (Lipinski definition) is 5. The minimum atomic E-state index is 0.428.